The van der Waals surface area contributed by atoms with Gasteiger partial charge in [-0.1, -0.05) is 6.07 Å². The Hall–Kier alpha value is -2.17. The summed E-state index contributed by atoms with van der Waals surface area (Å²) in [7, 11) is 0. The third-order valence-electron chi connectivity index (χ3n) is 3.23. The van der Waals surface area contributed by atoms with Crippen LogP contribution >= 0.6 is 22.9 Å². The number of hydrogen-bond donors (Lipinski definition) is 2. The smallest absolute Gasteiger partial charge is 0.327 e. The number of hydrogen-bond acceptors (Lipinski definition) is 4. The number of non-ortho nitro benzene ring substituents is 1. The fraction of sp³-hybridized carbons (Fsp3) is 0.231. The molecule has 116 valence electrons. The molecule has 1 amide bonds. The molecule has 0 bridgehead atoms. The lowest BCUT2D eigenvalue weighted by molar-refractivity contribution is -0.383. The topological polar surface area (TPSA) is 117 Å². The van der Waals surface area contributed by atoms with Crippen LogP contribution in [0.15, 0.2) is 24.4 Å². The largest absolute Gasteiger partial charge is 0.480 e. The van der Waals surface area contributed by atoms with E-state index in [1.807, 2.05) is 0 Å². The third-order valence-corrected chi connectivity index (χ3v) is 4.59. The van der Waals surface area contributed by atoms with Gasteiger partial charge in [0.15, 0.2) is 0 Å². The molecule has 0 aliphatic heterocycles. The molecule has 8 nitrogen and oxygen atoms in total. The Bertz CT molecular complexity index is 757. The number of fused-ring (bicyclic) bond motifs is 1. The summed E-state index contributed by atoms with van der Waals surface area (Å²) in [4.78, 5) is 36.3. The van der Waals surface area contributed by atoms with E-state index in [4.69, 9.17) is 0 Å². The van der Waals surface area contributed by atoms with E-state index in [0.29, 0.717) is 16.5 Å². The van der Waals surface area contributed by atoms with E-state index in [1.54, 1.807) is 35.0 Å². The quantitative estimate of drug-likeness (QED) is 0.335. The predicted molar refractivity (Wildman–Crippen MR) is 86.6 cm³/mol. The van der Waals surface area contributed by atoms with Gasteiger partial charge >= 0.3 is 5.97 Å². The lowest BCUT2D eigenvalue weighted by Crippen LogP contribution is -2.38. The normalized spacial score (nSPS) is 12.1. The second-order valence-electron chi connectivity index (χ2n) is 4.66. The van der Waals surface area contributed by atoms with Crippen molar-refractivity contribution in [2.45, 2.75) is 19.4 Å². The first-order valence-electron chi connectivity index (χ1n) is 6.24. The van der Waals surface area contributed by atoms with Crippen molar-refractivity contribution in [3.8, 4) is 0 Å². The molecule has 1 unspecified atom stereocenters. The summed E-state index contributed by atoms with van der Waals surface area (Å²) in [6, 6.07) is 3.49. The minimum Gasteiger partial charge on any atom is -0.480 e. The van der Waals surface area contributed by atoms with Crippen molar-refractivity contribution in [3.63, 3.8) is 0 Å². The van der Waals surface area contributed by atoms with Crippen LogP contribution in [0.25, 0.3) is 10.9 Å². The van der Waals surface area contributed by atoms with Gasteiger partial charge < -0.3 is 10.1 Å². The Balaban J connectivity index is 2.48. The number of H-pyrrole nitrogens is 1. The summed E-state index contributed by atoms with van der Waals surface area (Å²) >= 11 is 1.64. The average Bonchev–Trinajstić information content (AvgIpc) is 2.86. The molecule has 0 aliphatic carbocycles. The van der Waals surface area contributed by atoms with E-state index >= 15 is 0 Å². The first-order chi connectivity index (χ1) is 10.3. The lowest BCUT2D eigenvalue weighted by atomic mass is 10.0. The van der Waals surface area contributed by atoms with Crippen LogP contribution in [0.4, 0.5) is 5.69 Å². The van der Waals surface area contributed by atoms with Gasteiger partial charge in [0.1, 0.15) is 6.04 Å². The molecule has 1 heterocycles. The third kappa shape index (κ3) is 3.03. The molecular weight excluding hydrogens is 405 g/mol. The number of nitrogens with one attached hydrogen (secondary N) is 1. The summed E-state index contributed by atoms with van der Waals surface area (Å²) in [6.07, 6.45) is 1.51. The van der Waals surface area contributed by atoms with Crippen LogP contribution in [0.3, 0.4) is 0 Å². The number of nitro groups is 1. The number of carboxylic acids is 1. The standard InChI is InChI=1S/C13H12IN3O5/c1-7(18)16(14)11(13(19)20)5-8-6-15-9-3-2-4-10(12(8)9)17(21)22/h2-4,6,11,15H,5H2,1H3,(H,19,20). The number of carbonyl (C=O) groups is 2. The fourth-order valence-electron chi connectivity index (χ4n) is 2.24. The molecule has 0 saturated heterocycles. The van der Waals surface area contributed by atoms with Gasteiger partial charge in [-0.3, -0.25) is 18.0 Å². The molecule has 0 spiro atoms. The van der Waals surface area contributed by atoms with Gasteiger partial charge in [0, 0.05) is 25.6 Å². The summed E-state index contributed by atoms with van der Waals surface area (Å²) in [5.74, 6) is -1.57. The summed E-state index contributed by atoms with van der Waals surface area (Å²) in [5.41, 5.74) is 0.939. The van der Waals surface area contributed by atoms with Gasteiger partial charge in [0.2, 0.25) is 5.91 Å². The first kappa shape index (κ1) is 16.2. The molecule has 0 fully saturated rings. The highest BCUT2D eigenvalue weighted by Gasteiger charge is 2.28. The van der Waals surface area contributed by atoms with E-state index in [1.165, 1.54) is 19.2 Å². The number of halogens is 1. The molecule has 9 heteroatoms. The Kier molecular flexibility index (Phi) is 4.64. The van der Waals surface area contributed by atoms with Crippen LogP contribution in [0.2, 0.25) is 0 Å². The Morgan fingerprint density at radius 1 is 1.50 bits per heavy atom. The van der Waals surface area contributed by atoms with E-state index in [-0.39, 0.29) is 12.1 Å². The zero-order valence-corrected chi connectivity index (χ0v) is 13.6. The monoisotopic (exact) mass is 417 g/mol. The van der Waals surface area contributed by atoms with Crippen molar-refractivity contribution >= 4 is 51.3 Å². The minimum atomic E-state index is -1.17. The number of rotatable bonds is 5. The Morgan fingerprint density at radius 3 is 2.73 bits per heavy atom. The molecule has 2 N–H and O–H groups in total. The van der Waals surface area contributed by atoms with Gasteiger partial charge in [-0.2, -0.15) is 0 Å². The number of aromatic nitrogens is 1. The number of aromatic amines is 1. The summed E-state index contributed by atoms with van der Waals surface area (Å²) in [5, 5.41) is 20.8. The van der Waals surface area contributed by atoms with E-state index in [9.17, 15) is 24.8 Å². The SMILES string of the molecule is CC(=O)N(I)C(Cc1c[nH]c2cccc([N+](=O)[O-])c12)C(=O)O. The van der Waals surface area contributed by atoms with Crippen LogP contribution in [0, 0.1) is 10.1 Å². The zero-order valence-electron chi connectivity index (χ0n) is 11.4. The van der Waals surface area contributed by atoms with Gasteiger partial charge in [-0.15, -0.1) is 0 Å². The van der Waals surface area contributed by atoms with Gasteiger partial charge in [-0.05, 0) is 11.6 Å². The number of carboxylic acid groups (broad SMARTS) is 1. The number of amides is 1. The minimum absolute atomic E-state index is 0.0251. The highest BCUT2D eigenvalue weighted by Crippen LogP contribution is 2.30. The van der Waals surface area contributed by atoms with Crippen molar-refractivity contribution in [2.24, 2.45) is 0 Å². The van der Waals surface area contributed by atoms with Gasteiger partial charge in [-0.25, -0.2) is 4.79 Å². The van der Waals surface area contributed by atoms with Crippen molar-refractivity contribution < 1.29 is 19.6 Å². The number of benzene rings is 1. The highest BCUT2D eigenvalue weighted by molar-refractivity contribution is 14.1. The Labute approximate surface area is 138 Å². The maximum absolute atomic E-state index is 11.4. The maximum atomic E-state index is 11.4. The van der Waals surface area contributed by atoms with E-state index in [0.717, 1.165) is 3.11 Å². The number of nitro benzene ring substituents is 1. The van der Waals surface area contributed by atoms with Crippen molar-refractivity contribution in [1.29, 1.82) is 0 Å². The zero-order chi connectivity index (χ0) is 16.4. The van der Waals surface area contributed by atoms with Crippen LogP contribution < -0.4 is 0 Å². The summed E-state index contributed by atoms with van der Waals surface area (Å²) < 4.78 is 1.08. The molecule has 1 atom stereocenters. The van der Waals surface area contributed by atoms with Crippen molar-refractivity contribution in [1.82, 2.24) is 8.10 Å². The number of carbonyl (C=O) groups excluding carboxylic acids is 1. The molecule has 1 aromatic carbocycles. The maximum Gasteiger partial charge on any atom is 0.327 e. The van der Waals surface area contributed by atoms with Crippen LogP contribution in [-0.4, -0.2) is 36.0 Å². The van der Waals surface area contributed by atoms with Gasteiger partial charge in [0.25, 0.3) is 5.69 Å². The van der Waals surface area contributed by atoms with Crippen LogP contribution in [0.1, 0.15) is 12.5 Å². The lowest BCUT2D eigenvalue weighted by Gasteiger charge is -2.20. The first-order valence-corrected chi connectivity index (χ1v) is 7.21. The van der Waals surface area contributed by atoms with Crippen LogP contribution in [-0.2, 0) is 16.0 Å². The van der Waals surface area contributed by atoms with Crippen molar-refractivity contribution in [3.05, 3.63) is 40.1 Å². The number of nitrogens with zero attached hydrogens (tertiary/aromatic N) is 2. The molecule has 0 radical (unpaired) electrons. The van der Waals surface area contributed by atoms with E-state index in [2.05, 4.69) is 4.98 Å². The average molecular weight is 417 g/mol. The Morgan fingerprint density at radius 2 is 2.18 bits per heavy atom. The molecule has 2 aromatic rings. The number of aliphatic carboxylic acids is 1. The fourth-order valence-corrected chi connectivity index (χ4v) is 2.68. The molecule has 2 rings (SSSR count). The van der Waals surface area contributed by atoms with Crippen LogP contribution in [0.5, 0.6) is 0 Å². The second-order valence-corrected chi connectivity index (χ2v) is 5.70. The molecule has 22 heavy (non-hydrogen) atoms. The van der Waals surface area contributed by atoms with E-state index < -0.39 is 22.8 Å². The second kappa shape index (κ2) is 6.30. The van der Waals surface area contributed by atoms with Gasteiger partial charge in [0.05, 0.1) is 38.7 Å². The summed E-state index contributed by atoms with van der Waals surface area (Å²) in [6.45, 7) is 1.26. The highest BCUT2D eigenvalue weighted by atomic mass is 127. The molecule has 0 aliphatic rings. The molecular formula is C13H12IN3O5. The molecule has 1 aromatic heterocycles. The predicted octanol–water partition coefficient (Wildman–Crippen LogP) is 2.27. The van der Waals surface area contributed by atoms with Crippen molar-refractivity contribution in [2.75, 3.05) is 0 Å². The molecule has 0 saturated carbocycles.